The second-order valence-corrected chi connectivity index (χ2v) is 7.06. The summed E-state index contributed by atoms with van der Waals surface area (Å²) in [5.41, 5.74) is 1.35. The summed E-state index contributed by atoms with van der Waals surface area (Å²) in [5, 5.41) is 1.58. The Balaban J connectivity index is 1.42. The Labute approximate surface area is 143 Å². The molecular weight excluding hydrogens is 304 g/mol. The van der Waals surface area contributed by atoms with Crippen molar-refractivity contribution >= 4 is 5.91 Å². The van der Waals surface area contributed by atoms with E-state index in [-0.39, 0.29) is 17.9 Å². The molecule has 0 radical (unpaired) electrons. The lowest BCUT2D eigenvalue weighted by molar-refractivity contribution is -0.177. The van der Waals surface area contributed by atoms with E-state index in [1.54, 1.807) is 5.06 Å². The molecule has 0 spiro atoms. The van der Waals surface area contributed by atoms with Gasteiger partial charge in [-0.3, -0.25) is 14.5 Å². The van der Waals surface area contributed by atoms with Gasteiger partial charge in [-0.05, 0) is 31.2 Å². The quantitative estimate of drug-likeness (QED) is 0.845. The first-order valence-corrected chi connectivity index (χ1v) is 9.15. The number of hydroxylamine groups is 2. The van der Waals surface area contributed by atoms with Crippen LogP contribution in [-0.2, 0) is 20.8 Å². The molecule has 0 bridgehead atoms. The van der Waals surface area contributed by atoms with Gasteiger partial charge in [0.15, 0.2) is 0 Å². The van der Waals surface area contributed by atoms with Crippen LogP contribution in [0.4, 0.5) is 0 Å². The number of carbonyl (C=O) groups excluding carboxylic acids is 1. The Morgan fingerprint density at radius 2 is 2.08 bits per heavy atom. The van der Waals surface area contributed by atoms with Crippen molar-refractivity contribution in [2.75, 3.05) is 32.8 Å². The fourth-order valence-corrected chi connectivity index (χ4v) is 4.23. The molecule has 1 aromatic rings. The molecule has 0 aromatic heterocycles. The second-order valence-electron chi connectivity index (χ2n) is 7.06. The molecule has 1 amide bonds. The first-order valence-electron chi connectivity index (χ1n) is 9.15. The fraction of sp³-hybridized carbons (Fsp3) is 0.632. The molecule has 3 heterocycles. The van der Waals surface area contributed by atoms with E-state index in [0.29, 0.717) is 12.6 Å². The highest BCUT2D eigenvalue weighted by atomic mass is 16.7. The summed E-state index contributed by atoms with van der Waals surface area (Å²) in [4.78, 5) is 20.7. The predicted octanol–water partition coefficient (Wildman–Crippen LogP) is 1.87. The molecule has 3 saturated heterocycles. The fourth-order valence-electron chi connectivity index (χ4n) is 4.23. The van der Waals surface area contributed by atoms with Crippen LogP contribution in [0.3, 0.4) is 0 Å². The van der Waals surface area contributed by atoms with Crippen LogP contribution in [0, 0.1) is 5.92 Å². The zero-order chi connectivity index (χ0) is 16.4. The van der Waals surface area contributed by atoms with Crippen molar-refractivity contribution in [1.82, 2.24) is 9.96 Å². The maximum absolute atomic E-state index is 12.7. The van der Waals surface area contributed by atoms with Crippen molar-refractivity contribution in [1.29, 1.82) is 0 Å². The monoisotopic (exact) mass is 330 g/mol. The van der Waals surface area contributed by atoms with Gasteiger partial charge >= 0.3 is 0 Å². The van der Waals surface area contributed by atoms with Crippen LogP contribution in [-0.4, -0.2) is 60.9 Å². The number of ether oxygens (including phenoxy) is 1. The molecular formula is C19H26N2O3. The Morgan fingerprint density at radius 1 is 1.21 bits per heavy atom. The van der Waals surface area contributed by atoms with Gasteiger partial charge in [0.25, 0.3) is 5.91 Å². The smallest absolute Gasteiger partial charge is 0.250 e. The number of piperidine rings is 1. The standard InChI is InChI=1S/C19H26N2O3/c22-19(21-9-4-11-24-21)16-13-18-17(8-12-23-18)20(14-16)10-7-15-5-2-1-3-6-15/h1-3,5-6,16-18H,4,7-14H2/t16-,17+,18+/m1/s1. The van der Waals surface area contributed by atoms with Gasteiger partial charge in [0, 0.05) is 25.7 Å². The van der Waals surface area contributed by atoms with E-state index in [4.69, 9.17) is 9.57 Å². The normalized spacial score (nSPS) is 30.5. The first kappa shape index (κ1) is 16.1. The van der Waals surface area contributed by atoms with E-state index < -0.39 is 0 Å². The largest absolute Gasteiger partial charge is 0.377 e. The molecule has 0 unspecified atom stereocenters. The van der Waals surface area contributed by atoms with Crippen LogP contribution < -0.4 is 0 Å². The van der Waals surface area contributed by atoms with Crippen LogP contribution in [0.2, 0.25) is 0 Å². The zero-order valence-corrected chi connectivity index (χ0v) is 14.1. The van der Waals surface area contributed by atoms with E-state index >= 15 is 0 Å². The summed E-state index contributed by atoms with van der Waals surface area (Å²) < 4.78 is 5.93. The number of benzene rings is 1. The van der Waals surface area contributed by atoms with E-state index in [9.17, 15) is 4.79 Å². The van der Waals surface area contributed by atoms with E-state index in [2.05, 4.69) is 35.2 Å². The van der Waals surface area contributed by atoms with E-state index in [0.717, 1.165) is 51.9 Å². The maximum atomic E-state index is 12.7. The van der Waals surface area contributed by atoms with Gasteiger partial charge in [-0.15, -0.1) is 0 Å². The van der Waals surface area contributed by atoms with E-state index in [1.165, 1.54) is 5.56 Å². The van der Waals surface area contributed by atoms with Crippen LogP contribution >= 0.6 is 0 Å². The minimum Gasteiger partial charge on any atom is -0.377 e. The third-order valence-corrected chi connectivity index (χ3v) is 5.49. The van der Waals surface area contributed by atoms with Crippen molar-refractivity contribution in [2.45, 2.75) is 37.8 Å². The summed E-state index contributed by atoms with van der Waals surface area (Å²) in [6.07, 6.45) is 4.08. The molecule has 0 aliphatic carbocycles. The van der Waals surface area contributed by atoms with Crippen molar-refractivity contribution in [3.63, 3.8) is 0 Å². The molecule has 3 fully saturated rings. The average Bonchev–Trinajstić information content (AvgIpc) is 3.31. The third kappa shape index (κ3) is 3.34. The van der Waals surface area contributed by atoms with Gasteiger partial charge in [-0.1, -0.05) is 30.3 Å². The van der Waals surface area contributed by atoms with Crippen molar-refractivity contribution < 1.29 is 14.4 Å². The summed E-state index contributed by atoms with van der Waals surface area (Å²) in [5.74, 6) is 0.143. The highest BCUT2D eigenvalue weighted by molar-refractivity contribution is 5.78. The number of nitrogens with zero attached hydrogens (tertiary/aromatic N) is 2. The van der Waals surface area contributed by atoms with Gasteiger partial charge in [0.1, 0.15) is 0 Å². The number of hydrogen-bond acceptors (Lipinski definition) is 4. The van der Waals surface area contributed by atoms with Gasteiger partial charge in [0.05, 0.1) is 25.2 Å². The van der Waals surface area contributed by atoms with Crippen LogP contribution in [0.15, 0.2) is 30.3 Å². The van der Waals surface area contributed by atoms with Crippen molar-refractivity contribution in [3.8, 4) is 0 Å². The number of rotatable bonds is 4. The van der Waals surface area contributed by atoms with Gasteiger partial charge in [0.2, 0.25) is 0 Å². The lowest BCUT2D eigenvalue weighted by atomic mass is 9.89. The molecule has 1 aromatic carbocycles. The lowest BCUT2D eigenvalue weighted by Gasteiger charge is -2.41. The number of fused-ring (bicyclic) bond motifs is 1. The molecule has 0 N–H and O–H groups in total. The third-order valence-electron chi connectivity index (χ3n) is 5.49. The van der Waals surface area contributed by atoms with Crippen molar-refractivity contribution in [3.05, 3.63) is 35.9 Å². The second kappa shape index (κ2) is 7.21. The highest BCUT2D eigenvalue weighted by Gasteiger charge is 2.43. The van der Waals surface area contributed by atoms with E-state index in [1.807, 2.05) is 0 Å². The average molecular weight is 330 g/mol. The van der Waals surface area contributed by atoms with Gasteiger partial charge in [-0.25, -0.2) is 5.06 Å². The Kier molecular flexibility index (Phi) is 4.83. The van der Waals surface area contributed by atoms with Crippen LogP contribution in [0.25, 0.3) is 0 Å². The number of amides is 1. The number of hydrogen-bond donors (Lipinski definition) is 0. The Hall–Kier alpha value is -1.43. The molecule has 3 aliphatic rings. The summed E-state index contributed by atoms with van der Waals surface area (Å²) in [6.45, 7) is 4.03. The molecule has 3 atom stereocenters. The number of likely N-dealkylation sites (tertiary alicyclic amines) is 1. The maximum Gasteiger partial charge on any atom is 0.250 e. The summed E-state index contributed by atoms with van der Waals surface area (Å²) >= 11 is 0. The molecule has 0 saturated carbocycles. The Bertz CT molecular complexity index is 559. The molecule has 4 rings (SSSR count). The predicted molar refractivity (Wildman–Crippen MR) is 90.3 cm³/mol. The Morgan fingerprint density at radius 3 is 2.88 bits per heavy atom. The van der Waals surface area contributed by atoms with Crippen LogP contribution in [0.1, 0.15) is 24.8 Å². The van der Waals surface area contributed by atoms with Crippen LogP contribution in [0.5, 0.6) is 0 Å². The summed E-state index contributed by atoms with van der Waals surface area (Å²) in [6, 6.07) is 11.0. The summed E-state index contributed by atoms with van der Waals surface area (Å²) in [7, 11) is 0. The minimum atomic E-state index is -0.00165. The van der Waals surface area contributed by atoms with Crippen molar-refractivity contribution in [2.24, 2.45) is 5.92 Å². The number of carbonyl (C=O) groups is 1. The van der Waals surface area contributed by atoms with Gasteiger partial charge < -0.3 is 4.74 Å². The zero-order valence-electron chi connectivity index (χ0n) is 14.1. The lowest BCUT2D eigenvalue weighted by Crippen LogP contribution is -2.53. The van der Waals surface area contributed by atoms with Gasteiger partial charge in [-0.2, -0.15) is 0 Å². The SMILES string of the molecule is O=C([C@@H]1C[C@@H]2OCC[C@@H]2N(CCc2ccccc2)C1)N1CCCO1. The highest BCUT2D eigenvalue weighted by Crippen LogP contribution is 2.32. The molecule has 3 aliphatic heterocycles. The molecule has 5 nitrogen and oxygen atoms in total. The first-order chi connectivity index (χ1) is 11.8. The molecule has 24 heavy (non-hydrogen) atoms. The minimum absolute atomic E-state index is 0.00165. The topological polar surface area (TPSA) is 42.0 Å². The molecule has 5 heteroatoms. The molecule has 130 valence electrons.